The van der Waals surface area contributed by atoms with E-state index in [0.717, 1.165) is 0 Å². The van der Waals surface area contributed by atoms with E-state index in [0.29, 0.717) is 19.6 Å². The Morgan fingerprint density at radius 1 is 1.57 bits per heavy atom. The first-order valence-corrected chi connectivity index (χ1v) is 8.47. The SMILES string of the molecule is COCCN(C(=O)c1ncccc1N)C1CCS(=O)(=O)C1. The predicted octanol–water partition coefficient (Wildman–Crippen LogP) is -0.0605. The lowest BCUT2D eigenvalue weighted by atomic mass is 10.2. The summed E-state index contributed by atoms with van der Waals surface area (Å²) >= 11 is 0. The van der Waals surface area contributed by atoms with E-state index in [2.05, 4.69) is 4.98 Å². The standard InChI is InChI=1S/C13H19N3O4S/c1-20-7-6-16(10-4-8-21(18,19)9-10)13(17)12-11(14)3-2-5-15-12/h2-3,5,10H,4,6-9,14H2,1H3. The van der Waals surface area contributed by atoms with E-state index >= 15 is 0 Å². The fourth-order valence-corrected chi connectivity index (χ4v) is 4.12. The van der Waals surface area contributed by atoms with Gasteiger partial charge in [0.2, 0.25) is 0 Å². The van der Waals surface area contributed by atoms with E-state index in [1.165, 1.54) is 18.2 Å². The molecule has 0 bridgehead atoms. The van der Waals surface area contributed by atoms with Gasteiger partial charge >= 0.3 is 0 Å². The molecule has 1 aliphatic heterocycles. The second-order valence-electron chi connectivity index (χ2n) is 4.99. The van der Waals surface area contributed by atoms with Crippen molar-refractivity contribution in [1.29, 1.82) is 0 Å². The Morgan fingerprint density at radius 3 is 2.90 bits per heavy atom. The van der Waals surface area contributed by atoms with Gasteiger partial charge in [0, 0.05) is 25.9 Å². The van der Waals surface area contributed by atoms with Gasteiger partial charge in [0.15, 0.2) is 15.5 Å². The van der Waals surface area contributed by atoms with Crippen molar-refractivity contribution in [3.8, 4) is 0 Å². The van der Waals surface area contributed by atoms with Crippen LogP contribution in [-0.2, 0) is 14.6 Å². The Bertz CT molecular complexity index is 618. The van der Waals surface area contributed by atoms with E-state index in [4.69, 9.17) is 10.5 Å². The zero-order valence-corrected chi connectivity index (χ0v) is 12.7. The fraction of sp³-hybridized carbons (Fsp3) is 0.538. The quantitative estimate of drug-likeness (QED) is 0.817. The third kappa shape index (κ3) is 3.70. The van der Waals surface area contributed by atoms with E-state index in [1.54, 1.807) is 12.1 Å². The van der Waals surface area contributed by atoms with Crippen molar-refractivity contribution < 1.29 is 17.9 Å². The number of hydrogen-bond donors (Lipinski definition) is 1. The van der Waals surface area contributed by atoms with Crippen molar-refractivity contribution >= 4 is 21.4 Å². The Morgan fingerprint density at radius 2 is 2.33 bits per heavy atom. The second kappa shape index (κ2) is 6.40. The normalized spacial score (nSPS) is 20.3. The fourth-order valence-electron chi connectivity index (χ4n) is 2.39. The van der Waals surface area contributed by atoms with Crippen molar-refractivity contribution in [1.82, 2.24) is 9.88 Å². The van der Waals surface area contributed by atoms with Crippen LogP contribution in [-0.4, -0.2) is 62.0 Å². The molecule has 1 aromatic heterocycles. The van der Waals surface area contributed by atoms with Crippen LogP contribution < -0.4 is 5.73 Å². The average molecular weight is 313 g/mol. The highest BCUT2D eigenvalue weighted by Crippen LogP contribution is 2.21. The summed E-state index contributed by atoms with van der Waals surface area (Å²) in [6.45, 7) is 0.639. The molecule has 1 atom stereocenters. The molecular weight excluding hydrogens is 294 g/mol. The molecule has 2 rings (SSSR count). The number of nitrogens with zero attached hydrogens (tertiary/aromatic N) is 2. The highest BCUT2D eigenvalue weighted by Gasteiger charge is 2.35. The highest BCUT2D eigenvalue weighted by molar-refractivity contribution is 7.91. The number of methoxy groups -OCH3 is 1. The molecule has 2 heterocycles. The molecule has 0 aliphatic carbocycles. The first kappa shape index (κ1) is 15.7. The molecule has 0 spiro atoms. The summed E-state index contributed by atoms with van der Waals surface area (Å²) in [6.07, 6.45) is 1.92. The number of hydrogen-bond acceptors (Lipinski definition) is 6. The van der Waals surface area contributed by atoms with Crippen molar-refractivity contribution in [3.63, 3.8) is 0 Å². The smallest absolute Gasteiger partial charge is 0.274 e. The van der Waals surface area contributed by atoms with Crippen LogP contribution in [0, 0.1) is 0 Å². The number of nitrogens with two attached hydrogens (primary N) is 1. The first-order chi connectivity index (χ1) is 9.94. The maximum Gasteiger partial charge on any atom is 0.274 e. The van der Waals surface area contributed by atoms with E-state index in [1.807, 2.05) is 0 Å². The number of nitrogen functional groups attached to an aromatic ring is 1. The third-order valence-electron chi connectivity index (χ3n) is 3.49. The number of sulfone groups is 1. The highest BCUT2D eigenvalue weighted by atomic mass is 32.2. The molecule has 1 saturated heterocycles. The Labute approximate surface area is 124 Å². The number of aromatic nitrogens is 1. The summed E-state index contributed by atoms with van der Waals surface area (Å²) in [6, 6.07) is 2.89. The number of pyridine rings is 1. The Balaban J connectivity index is 2.24. The summed E-state index contributed by atoms with van der Waals surface area (Å²) in [5.41, 5.74) is 6.21. The van der Waals surface area contributed by atoms with Crippen LogP contribution in [0.2, 0.25) is 0 Å². The van der Waals surface area contributed by atoms with Gasteiger partial charge < -0.3 is 15.4 Å². The van der Waals surface area contributed by atoms with Crippen LogP contribution in [0.3, 0.4) is 0 Å². The lowest BCUT2D eigenvalue weighted by Crippen LogP contribution is -2.43. The van der Waals surface area contributed by atoms with Crippen LogP contribution in [0.5, 0.6) is 0 Å². The molecule has 2 N–H and O–H groups in total. The van der Waals surface area contributed by atoms with E-state index < -0.39 is 9.84 Å². The van der Waals surface area contributed by atoms with Crippen molar-refractivity contribution in [2.45, 2.75) is 12.5 Å². The molecule has 0 radical (unpaired) electrons. The van der Waals surface area contributed by atoms with Crippen molar-refractivity contribution in [2.75, 3.05) is 37.5 Å². The summed E-state index contributed by atoms with van der Waals surface area (Å²) in [5.74, 6) is -0.270. The predicted molar refractivity (Wildman–Crippen MR) is 78.6 cm³/mol. The van der Waals surface area contributed by atoms with Gasteiger partial charge in [-0.25, -0.2) is 13.4 Å². The van der Waals surface area contributed by atoms with Crippen LogP contribution in [0.15, 0.2) is 18.3 Å². The minimum Gasteiger partial charge on any atom is -0.397 e. The van der Waals surface area contributed by atoms with Crippen LogP contribution in [0.25, 0.3) is 0 Å². The molecular formula is C13H19N3O4S. The summed E-state index contributed by atoms with van der Waals surface area (Å²) < 4.78 is 28.3. The Hall–Kier alpha value is -1.67. The summed E-state index contributed by atoms with van der Waals surface area (Å²) in [5, 5.41) is 0. The maximum absolute atomic E-state index is 12.6. The largest absolute Gasteiger partial charge is 0.397 e. The summed E-state index contributed by atoms with van der Waals surface area (Å²) in [7, 11) is -1.55. The number of rotatable bonds is 5. The number of carbonyl (C=O) groups excluding carboxylic acids is 1. The molecule has 7 nitrogen and oxygen atoms in total. The minimum atomic E-state index is -3.08. The second-order valence-corrected chi connectivity index (χ2v) is 7.22. The maximum atomic E-state index is 12.6. The van der Waals surface area contributed by atoms with Crippen molar-refractivity contribution in [2.24, 2.45) is 0 Å². The summed E-state index contributed by atoms with van der Waals surface area (Å²) in [4.78, 5) is 18.1. The van der Waals surface area contributed by atoms with Crippen molar-refractivity contribution in [3.05, 3.63) is 24.0 Å². The van der Waals surface area contributed by atoms with Gasteiger partial charge in [-0.05, 0) is 18.6 Å². The van der Waals surface area contributed by atoms with Gasteiger partial charge in [-0.2, -0.15) is 0 Å². The molecule has 1 fully saturated rings. The molecule has 0 aromatic carbocycles. The molecule has 0 saturated carbocycles. The number of amides is 1. The van der Waals surface area contributed by atoms with Gasteiger partial charge in [0.1, 0.15) is 0 Å². The average Bonchev–Trinajstić information content (AvgIpc) is 2.79. The molecule has 1 aliphatic rings. The topological polar surface area (TPSA) is 103 Å². The lowest BCUT2D eigenvalue weighted by Gasteiger charge is -2.28. The monoisotopic (exact) mass is 313 g/mol. The van der Waals surface area contributed by atoms with Gasteiger partial charge in [-0.3, -0.25) is 4.79 Å². The third-order valence-corrected chi connectivity index (χ3v) is 5.24. The van der Waals surface area contributed by atoms with Gasteiger partial charge in [0.05, 0.1) is 23.8 Å². The van der Waals surface area contributed by atoms with Gasteiger partial charge in [-0.15, -0.1) is 0 Å². The van der Waals surface area contributed by atoms with Crippen LogP contribution >= 0.6 is 0 Å². The molecule has 8 heteroatoms. The number of anilines is 1. The number of ether oxygens (including phenoxy) is 1. The molecule has 21 heavy (non-hydrogen) atoms. The lowest BCUT2D eigenvalue weighted by molar-refractivity contribution is 0.0620. The van der Waals surface area contributed by atoms with E-state index in [9.17, 15) is 13.2 Å². The first-order valence-electron chi connectivity index (χ1n) is 6.65. The zero-order valence-electron chi connectivity index (χ0n) is 11.9. The molecule has 116 valence electrons. The molecule has 1 amide bonds. The van der Waals surface area contributed by atoms with Gasteiger partial charge in [0.25, 0.3) is 5.91 Å². The van der Waals surface area contributed by atoms with Crippen LogP contribution in [0.4, 0.5) is 5.69 Å². The minimum absolute atomic E-state index is 0.0187. The number of carbonyl (C=O) groups is 1. The van der Waals surface area contributed by atoms with Crippen LogP contribution in [0.1, 0.15) is 16.9 Å². The Kier molecular flexibility index (Phi) is 4.79. The zero-order chi connectivity index (χ0) is 15.5. The molecule has 1 unspecified atom stereocenters. The molecule has 1 aromatic rings. The van der Waals surface area contributed by atoms with Gasteiger partial charge in [-0.1, -0.05) is 0 Å². The van der Waals surface area contributed by atoms with E-state index in [-0.39, 0.29) is 34.8 Å².